The van der Waals surface area contributed by atoms with Crippen LogP contribution < -0.4 is 4.90 Å². The lowest BCUT2D eigenvalue weighted by molar-refractivity contribution is -0.139. The number of rotatable bonds is 6. The Morgan fingerprint density at radius 3 is 2.52 bits per heavy atom. The van der Waals surface area contributed by atoms with Crippen molar-refractivity contribution in [3.05, 3.63) is 29.8 Å². The number of amides is 1. The summed E-state index contributed by atoms with van der Waals surface area (Å²) in [6.45, 7) is 2.22. The summed E-state index contributed by atoms with van der Waals surface area (Å²) in [5.41, 5.74) is -0.359. The molecule has 1 aliphatic rings. The predicted molar refractivity (Wildman–Crippen MR) is 83.9 cm³/mol. The smallest absolute Gasteiger partial charge is 0.317 e. The predicted octanol–water partition coefficient (Wildman–Crippen LogP) is 2.29. The minimum Gasteiger partial charge on any atom is -0.480 e. The molecule has 1 saturated heterocycles. The number of nitrogens with zero attached hydrogens (tertiary/aromatic N) is 2. The van der Waals surface area contributed by atoms with Crippen molar-refractivity contribution in [1.29, 1.82) is 0 Å². The molecule has 0 radical (unpaired) electrons. The van der Waals surface area contributed by atoms with Crippen LogP contribution in [0.15, 0.2) is 18.2 Å². The zero-order valence-electron chi connectivity index (χ0n) is 12.7. The Kier molecular flexibility index (Phi) is 6.90. The standard InChI is InChI=1S/C15H18F2N2O3.ClH/c1-2-7-18(9-13(20)21)12-6-8-19(15(12)22)14-10(16)4-3-5-11(14)17;/h3-5,12H,2,6-9H2,1H3,(H,20,21);1H. The summed E-state index contributed by atoms with van der Waals surface area (Å²) in [7, 11) is 0. The van der Waals surface area contributed by atoms with E-state index in [0.717, 1.165) is 17.0 Å². The van der Waals surface area contributed by atoms with Crippen LogP contribution in [0.1, 0.15) is 19.8 Å². The minimum absolute atomic E-state index is 0. The maximum atomic E-state index is 13.8. The summed E-state index contributed by atoms with van der Waals surface area (Å²) in [6, 6.07) is 2.77. The maximum Gasteiger partial charge on any atom is 0.317 e. The number of carboxylic acid groups (broad SMARTS) is 1. The Bertz CT molecular complexity index is 566. The van der Waals surface area contributed by atoms with E-state index in [9.17, 15) is 18.4 Å². The normalized spacial score (nSPS) is 17.5. The molecule has 1 heterocycles. The summed E-state index contributed by atoms with van der Waals surface area (Å²) in [6.07, 6.45) is 1.03. The van der Waals surface area contributed by atoms with Crippen molar-refractivity contribution in [2.75, 3.05) is 24.5 Å². The number of para-hydroxylation sites is 1. The van der Waals surface area contributed by atoms with Crippen LogP contribution in [0.2, 0.25) is 0 Å². The van der Waals surface area contributed by atoms with E-state index in [1.54, 1.807) is 4.90 Å². The fraction of sp³-hybridized carbons (Fsp3) is 0.467. The van der Waals surface area contributed by atoms with Crippen LogP contribution in [0.5, 0.6) is 0 Å². The number of hydrogen-bond acceptors (Lipinski definition) is 3. The second kappa shape index (κ2) is 8.21. The highest BCUT2D eigenvalue weighted by molar-refractivity contribution is 5.99. The van der Waals surface area contributed by atoms with Gasteiger partial charge in [-0.05, 0) is 31.5 Å². The molecule has 2 rings (SSSR count). The molecule has 1 amide bonds. The largest absolute Gasteiger partial charge is 0.480 e. The van der Waals surface area contributed by atoms with Gasteiger partial charge in [0, 0.05) is 6.54 Å². The molecule has 1 atom stereocenters. The van der Waals surface area contributed by atoms with Gasteiger partial charge in [-0.15, -0.1) is 12.4 Å². The molecule has 0 spiro atoms. The average molecular weight is 349 g/mol. The third-order valence-electron chi connectivity index (χ3n) is 3.67. The summed E-state index contributed by atoms with van der Waals surface area (Å²) < 4.78 is 27.6. The summed E-state index contributed by atoms with van der Waals surface area (Å²) >= 11 is 0. The number of benzene rings is 1. The average Bonchev–Trinajstić information content (AvgIpc) is 2.80. The van der Waals surface area contributed by atoms with E-state index >= 15 is 0 Å². The van der Waals surface area contributed by atoms with Crippen molar-refractivity contribution < 1.29 is 23.5 Å². The molecular formula is C15H19ClF2N2O3. The molecule has 1 aromatic rings. The fourth-order valence-corrected chi connectivity index (χ4v) is 2.78. The van der Waals surface area contributed by atoms with Crippen molar-refractivity contribution in [1.82, 2.24) is 4.90 Å². The van der Waals surface area contributed by atoms with Crippen LogP contribution >= 0.6 is 12.4 Å². The molecule has 1 fully saturated rings. The van der Waals surface area contributed by atoms with Crippen molar-refractivity contribution in [2.24, 2.45) is 0 Å². The number of aliphatic carboxylic acids is 1. The molecule has 0 aromatic heterocycles. The second-order valence-corrected chi connectivity index (χ2v) is 5.23. The number of halogens is 3. The van der Waals surface area contributed by atoms with Gasteiger partial charge in [0.1, 0.15) is 17.3 Å². The van der Waals surface area contributed by atoms with E-state index in [1.165, 1.54) is 6.07 Å². The molecule has 0 bridgehead atoms. The Hall–Kier alpha value is -1.73. The second-order valence-electron chi connectivity index (χ2n) is 5.23. The van der Waals surface area contributed by atoms with E-state index in [2.05, 4.69) is 0 Å². The Morgan fingerprint density at radius 2 is 2.00 bits per heavy atom. The molecule has 8 heteroatoms. The molecule has 0 aliphatic carbocycles. The Balaban J connectivity index is 0.00000264. The maximum absolute atomic E-state index is 13.8. The Morgan fingerprint density at radius 1 is 1.39 bits per heavy atom. The first-order chi connectivity index (χ1) is 10.5. The zero-order valence-corrected chi connectivity index (χ0v) is 13.5. The first-order valence-corrected chi connectivity index (χ1v) is 7.17. The quantitative estimate of drug-likeness (QED) is 0.857. The van der Waals surface area contributed by atoms with Gasteiger partial charge in [-0.1, -0.05) is 13.0 Å². The zero-order chi connectivity index (χ0) is 16.3. The number of carbonyl (C=O) groups is 2. The number of carbonyl (C=O) groups excluding carboxylic acids is 1. The van der Waals surface area contributed by atoms with Gasteiger partial charge in [0.15, 0.2) is 0 Å². The van der Waals surface area contributed by atoms with E-state index in [4.69, 9.17) is 5.11 Å². The summed E-state index contributed by atoms with van der Waals surface area (Å²) in [5.74, 6) is -3.08. The molecular weight excluding hydrogens is 330 g/mol. The van der Waals surface area contributed by atoms with Crippen LogP contribution in [0.25, 0.3) is 0 Å². The number of carboxylic acids is 1. The molecule has 0 saturated carbocycles. The number of anilines is 1. The molecule has 23 heavy (non-hydrogen) atoms. The highest BCUT2D eigenvalue weighted by Gasteiger charge is 2.38. The monoisotopic (exact) mass is 348 g/mol. The van der Waals surface area contributed by atoms with Crippen LogP contribution in [-0.4, -0.2) is 47.6 Å². The van der Waals surface area contributed by atoms with Crippen LogP contribution in [-0.2, 0) is 9.59 Å². The fourth-order valence-electron chi connectivity index (χ4n) is 2.78. The Labute approximate surface area is 139 Å². The lowest BCUT2D eigenvalue weighted by atomic mass is 10.2. The van der Waals surface area contributed by atoms with E-state index in [-0.39, 0.29) is 31.2 Å². The van der Waals surface area contributed by atoms with Gasteiger partial charge in [0.05, 0.1) is 12.6 Å². The third-order valence-corrected chi connectivity index (χ3v) is 3.67. The van der Waals surface area contributed by atoms with Gasteiger partial charge >= 0.3 is 5.97 Å². The highest BCUT2D eigenvalue weighted by atomic mass is 35.5. The van der Waals surface area contributed by atoms with Crippen molar-refractivity contribution >= 4 is 30.0 Å². The van der Waals surface area contributed by atoms with Crippen molar-refractivity contribution in [2.45, 2.75) is 25.8 Å². The van der Waals surface area contributed by atoms with Gasteiger partial charge in [-0.3, -0.25) is 14.5 Å². The summed E-state index contributed by atoms with van der Waals surface area (Å²) in [5, 5.41) is 8.94. The molecule has 1 N–H and O–H groups in total. The lowest BCUT2D eigenvalue weighted by Gasteiger charge is -2.26. The number of hydrogen-bond donors (Lipinski definition) is 1. The first kappa shape index (κ1) is 19.3. The first-order valence-electron chi connectivity index (χ1n) is 7.17. The van der Waals surface area contributed by atoms with Crippen LogP contribution in [0, 0.1) is 11.6 Å². The highest BCUT2D eigenvalue weighted by Crippen LogP contribution is 2.29. The van der Waals surface area contributed by atoms with E-state index < -0.39 is 29.6 Å². The SMILES string of the molecule is CCCN(CC(=O)O)C1CCN(c2c(F)cccc2F)C1=O.Cl. The topological polar surface area (TPSA) is 60.9 Å². The molecule has 1 aromatic carbocycles. The van der Waals surface area contributed by atoms with Gasteiger partial charge in [0.25, 0.3) is 0 Å². The van der Waals surface area contributed by atoms with Crippen molar-refractivity contribution in [3.8, 4) is 0 Å². The molecule has 1 unspecified atom stereocenters. The minimum atomic E-state index is -1.03. The molecule has 5 nitrogen and oxygen atoms in total. The van der Waals surface area contributed by atoms with E-state index in [0.29, 0.717) is 19.4 Å². The van der Waals surface area contributed by atoms with Gasteiger partial charge < -0.3 is 10.0 Å². The van der Waals surface area contributed by atoms with Crippen molar-refractivity contribution in [3.63, 3.8) is 0 Å². The third kappa shape index (κ3) is 4.17. The molecule has 1 aliphatic heterocycles. The van der Waals surface area contributed by atoms with Crippen LogP contribution in [0.3, 0.4) is 0 Å². The molecule has 128 valence electrons. The van der Waals surface area contributed by atoms with Gasteiger partial charge in [0.2, 0.25) is 5.91 Å². The lowest BCUT2D eigenvalue weighted by Crippen LogP contribution is -2.45. The summed E-state index contributed by atoms with van der Waals surface area (Å²) in [4.78, 5) is 26.0. The van der Waals surface area contributed by atoms with Gasteiger partial charge in [-0.25, -0.2) is 8.78 Å². The van der Waals surface area contributed by atoms with Crippen LogP contribution in [0.4, 0.5) is 14.5 Å². The van der Waals surface area contributed by atoms with Gasteiger partial charge in [-0.2, -0.15) is 0 Å². The van der Waals surface area contributed by atoms with E-state index in [1.807, 2.05) is 6.92 Å².